The van der Waals surface area contributed by atoms with Gasteiger partial charge in [-0.3, -0.25) is 9.58 Å². The molecule has 6 nitrogen and oxygen atoms in total. The molecule has 0 atom stereocenters. The number of fused-ring (bicyclic) bond motifs is 1. The minimum atomic E-state index is 0.627. The van der Waals surface area contributed by atoms with Crippen LogP contribution in [0, 0.1) is 11.8 Å². The van der Waals surface area contributed by atoms with E-state index in [-0.39, 0.29) is 0 Å². The number of hydrazone groups is 1. The van der Waals surface area contributed by atoms with Crippen LogP contribution in [0.2, 0.25) is 0 Å². The summed E-state index contributed by atoms with van der Waals surface area (Å²) in [7, 11) is 0. The van der Waals surface area contributed by atoms with E-state index in [0.29, 0.717) is 6.54 Å². The van der Waals surface area contributed by atoms with Crippen LogP contribution in [-0.4, -0.2) is 53.5 Å². The van der Waals surface area contributed by atoms with E-state index in [9.17, 15) is 0 Å². The van der Waals surface area contributed by atoms with Crippen molar-refractivity contribution in [1.29, 1.82) is 0 Å². The van der Waals surface area contributed by atoms with Gasteiger partial charge < -0.3 is 10.2 Å². The fourth-order valence-corrected chi connectivity index (χ4v) is 2.86. The van der Waals surface area contributed by atoms with Gasteiger partial charge in [-0.25, -0.2) is 4.98 Å². The van der Waals surface area contributed by atoms with Gasteiger partial charge >= 0.3 is 0 Å². The molecule has 116 valence electrons. The van der Waals surface area contributed by atoms with Crippen LogP contribution in [0.5, 0.6) is 0 Å². The lowest BCUT2D eigenvalue weighted by Crippen LogP contribution is -2.44. The van der Waals surface area contributed by atoms with Crippen LogP contribution in [-0.2, 0) is 6.54 Å². The first-order valence-electron chi connectivity index (χ1n) is 7.72. The fraction of sp³-hybridized carbons (Fsp3) is 0.500. The van der Waals surface area contributed by atoms with Gasteiger partial charge in [-0.05, 0) is 13.8 Å². The van der Waals surface area contributed by atoms with Crippen LogP contribution in [0.15, 0.2) is 11.7 Å². The maximum atomic E-state index is 4.80. The highest BCUT2D eigenvalue weighted by atomic mass is 15.5. The zero-order valence-corrected chi connectivity index (χ0v) is 13.3. The molecule has 0 radical (unpaired) electrons. The third-order valence-corrected chi connectivity index (χ3v) is 3.99. The van der Waals surface area contributed by atoms with E-state index in [1.807, 2.05) is 18.1 Å². The highest BCUT2D eigenvalue weighted by Gasteiger charge is 2.27. The largest absolute Gasteiger partial charge is 0.340 e. The number of nitrogens with zero attached hydrogens (tertiary/aromatic N) is 5. The second-order valence-corrected chi connectivity index (χ2v) is 5.30. The Labute approximate surface area is 131 Å². The molecule has 22 heavy (non-hydrogen) atoms. The maximum absolute atomic E-state index is 4.80. The topological polar surface area (TPSA) is 48.7 Å². The number of hydrogen-bond donors (Lipinski definition) is 1. The average Bonchev–Trinajstić information content (AvgIpc) is 2.93. The van der Waals surface area contributed by atoms with Crippen LogP contribution >= 0.6 is 0 Å². The van der Waals surface area contributed by atoms with E-state index in [0.717, 1.165) is 55.8 Å². The molecule has 0 aromatic carbocycles. The maximum Gasteiger partial charge on any atom is 0.207 e. The van der Waals surface area contributed by atoms with Crippen LogP contribution in [0.25, 0.3) is 5.70 Å². The van der Waals surface area contributed by atoms with E-state index in [1.54, 1.807) is 0 Å². The second kappa shape index (κ2) is 6.24. The Hall–Kier alpha value is -2.26. The van der Waals surface area contributed by atoms with Crippen molar-refractivity contribution >= 4 is 17.9 Å². The summed E-state index contributed by atoms with van der Waals surface area (Å²) in [6.07, 6.45) is 1.83. The number of anilines is 1. The van der Waals surface area contributed by atoms with Crippen molar-refractivity contribution < 1.29 is 0 Å². The summed E-state index contributed by atoms with van der Waals surface area (Å²) in [5.41, 5.74) is 2.82. The Balaban J connectivity index is 2.05. The fourth-order valence-electron chi connectivity index (χ4n) is 2.86. The van der Waals surface area contributed by atoms with Gasteiger partial charge in [0.1, 0.15) is 5.69 Å². The molecule has 6 heteroatoms. The summed E-state index contributed by atoms with van der Waals surface area (Å²) in [4.78, 5) is 7.11. The molecule has 0 spiro atoms. The quantitative estimate of drug-likeness (QED) is 0.844. The molecular weight excluding hydrogens is 276 g/mol. The van der Waals surface area contributed by atoms with E-state index >= 15 is 0 Å². The summed E-state index contributed by atoms with van der Waals surface area (Å²) >= 11 is 0. The van der Waals surface area contributed by atoms with Gasteiger partial charge in [0.15, 0.2) is 0 Å². The van der Waals surface area contributed by atoms with E-state index in [1.165, 1.54) is 0 Å². The standard InChI is InChI=1S/C16H22N6/c1-4-6-9-21-15-13(3)22(5-2)18-12-14(15)19-16(21)20-10-7-17-8-11-20/h12,17H,3,5,7-11H2,1-2H3. The summed E-state index contributed by atoms with van der Waals surface area (Å²) in [5.74, 6) is 7.11. The lowest BCUT2D eigenvalue weighted by molar-refractivity contribution is 0.441. The molecule has 1 N–H and O–H groups in total. The van der Waals surface area contributed by atoms with Crippen LogP contribution in [0.1, 0.15) is 25.2 Å². The molecule has 3 rings (SSSR count). The third-order valence-electron chi connectivity index (χ3n) is 3.99. The number of nitrogens with one attached hydrogen (secondary N) is 1. The van der Waals surface area contributed by atoms with Crippen molar-refractivity contribution in [3.8, 4) is 11.8 Å². The van der Waals surface area contributed by atoms with E-state index in [4.69, 9.17) is 4.98 Å². The first kappa shape index (κ1) is 14.7. The summed E-state index contributed by atoms with van der Waals surface area (Å²) in [5, 5.41) is 9.70. The van der Waals surface area contributed by atoms with Crippen molar-refractivity contribution in [1.82, 2.24) is 19.9 Å². The first-order valence-corrected chi connectivity index (χ1v) is 7.72. The molecule has 2 aliphatic rings. The van der Waals surface area contributed by atoms with Crippen molar-refractivity contribution in [2.45, 2.75) is 20.4 Å². The van der Waals surface area contributed by atoms with Gasteiger partial charge in [0.25, 0.3) is 0 Å². The number of imidazole rings is 1. The van der Waals surface area contributed by atoms with Crippen molar-refractivity contribution in [2.24, 2.45) is 5.10 Å². The number of piperazine rings is 1. The van der Waals surface area contributed by atoms with Gasteiger partial charge in [-0.2, -0.15) is 5.10 Å². The number of rotatable bonds is 3. The Morgan fingerprint density at radius 2 is 2.14 bits per heavy atom. The molecule has 1 aromatic heterocycles. The van der Waals surface area contributed by atoms with Crippen molar-refractivity contribution in [2.75, 3.05) is 37.6 Å². The van der Waals surface area contributed by atoms with Gasteiger partial charge in [0.05, 0.1) is 24.2 Å². The average molecular weight is 298 g/mol. The third kappa shape index (κ3) is 2.48. The predicted octanol–water partition coefficient (Wildman–Crippen LogP) is 0.956. The lowest BCUT2D eigenvalue weighted by Gasteiger charge is -2.29. The van der Waals surface area contributed by atoms with Crippen molar-refractivity contribution in [3.05, 3.63) is 18.0 Å². The van der Waals surface area contributed by atoms with E-state index in [2.05, 4.69) is 45.2 Å². The molecule has 1 aromatic rings. The zero-order chi connectivity index (χ0) is 15.5. The minimum Gasteiger partial charge on any atom is -0.340 e. The Bertz CT molecular complexity index is 654. The highest BCUT2D eigenvalue weighted by molar-refractivity contribution is 5.88. The van der Waals surface area contributed by atoms with Crippen LogP contribution in [0.3, 0.4) is 0 Å². The SMILES string of the molecule is C=C1c2c(nc(N3CCNCC3)n2CC#CC)C=NN1CC. The Morgan fingerprint density at radius 3 is 2.82 bits per heavy atom. The lowest BCUT2D eigenvalue weighted by atomic mass is 10.2. The molecule has 0 saturated carbocycles. The monoisotopic (exact) mass is 298 g/mol. The molecule has 1 saturated heterocycles. The normalized spacial score (nSPS) is 17.3. The summed E-state index contributed by atoms with van der Waals surface area (Å²) in [6, 6.07) is 0. The van der Waals surface area contributed by atoms with E-state index < -0.39 is 0 Å². The van der Waals surface area contributed by atoms with Crippen LogP contribution in [0.4, 0.5) is 5.95 Å². The summed E-state index contributed by atoms with van der Waals surface area (Å²) < 4.78 is 2.17. The second-order valence-electron chi connectivity index (χ2n) is 5.30. The summed E-state index contributed by atoms with van der Waals surface area (Å²) in [6.45, 7) is 13.4. The minimum absolute atomic E-state index is 0.627. The molecule has 1 fully saturated rings. The van der Waals surface area contributed by atoms with Crippen molar-refractivity contribution in [3.63, 3.8) is 0 Å². The van der Waals surface area contributed by atoms with Gasteiger partial charge in [-0.1, -0.05) is 12.5 Å². The van der Waals surface area contributed by atoms with Gasteiger partial charge in [0.2, 0.25) is 5.95 Å². The number of aromatic nitrogens is 2. The van der Waals surface area contributed by atoms with Gasteiger partial charge in [0, 0.05) is 32.7 Å². The molecule has 2 aliphatic heterocycles. The molecule has 0 unspecified atom stereocenters. The zero-order valence-electron chi connectivity index (χ0n) is 13.3. The molecular formula is C16H22N6. The van der Waals surface area contributed by atoms with Gasteiger partial charge in [-0.15, -0.1) is 5.92 Å². The number of hydrogen-bond acceptors (Lipinski definition) is 5. The first-order chi connectivity index (χ1) is 10.8. The Morgan fingerprint density at radius 1 is 1.36 bits per heavy atom. The molecule has 0 aliphatic carbocycles. The van der Waals surface area contributed by atoms with Crippen LogP contribution < -0.4 is 10.2 Å². The highest BCUT2D eigenvalue weighted by Crippen LogP contribution is 2.29. The predicted molar refractivity (Wildman–Crippen MR) is 89.8 cm³/mol. The molecule has 0 amide bonds. The Kier molecular flexibility index (Phi) is 4.16. The molecule has 3 heterocycles. The molecule has 0 bridgehead atoms. The smallest absolute Gasteiger partial charge is 0.207 e.